The molecule has 98 valence electrons. The number of hydrogen-bond donors (Lipinski definition) is 3. The second-order valence-corrected chi connectivity index (χ2v) is 4.68. The number of piperidine rings is 1. The van der Waals surface area contributed by atoms with E-state index in [4.69, 9.17) is 11.1 Å². The monoisotopic (exact) mass is 240 g/mol. The molecule has 0 aromatic carbocycles. The van der Waals surface area contributed by atoms with Gasteiger partial charge in [-0.2, -0.15) is 0 Å². The van der Waals surface area contributed by atoms with E-state index in [2.05, 4.69) is 5.32 Å². The van der Waals surface area contributed by atoms with Crippen molar-refractivity contribution in [3.8, 4) is 0 Å². The molecule has 0 bridgehead atoms. The molecule has 2 amide bonds. The second kappa shape index (κ2) is 5.89. The van der Waals surface area contributed by atoms with Gasteiger partial charge in [-0.1, -0.05) is 13.8 Å². The van der Waals surface area contributed by atoms with Gasteiger partial charge in [0.15, 0.2) is 0 Å². The third-order valence-corrected chi connectivity index (χ3v) is 3.71. The van der Waals surface area contributed by atoms with E-state index in [0.29, 0.717) is 12.8 Å². The van der Waals surface area contributed by atoms with Crippen molar-refractivity contribution in [1.82, 2.24) is 10.2 Å². The highest BCUT2D eigenvalue weighted by molar-refractivity contribution is 5.91. The summed E-state index contributed by atoms with van der Waals surface area (Å²) in [6, 6.07) is -0.0800. The van der Waals surface area contributed by atoms with Crippen molar-refractivity contribution in [3.63, 3.8) is 0 Å². The summed E-state index contributed by atoms with van der Waals surface area (Å²) >= 11 is 0. The average Bonchev–Trinajstić information content (AvgIpc) is 2.36. The first-order chi connectivity index (χ1) is 8.05. The SMILES string of the molecule is CCC(CC)(NC(=O)N1CCCCC1)C(=N)N. The number of amides is 2. The Hall–Kier alpha value is -1.26. The molecule has 5 nitrogen and oxygen atoms in total. The Morgan fingerprint density at radius 3 is 2.24 bits per heavy atom. The lowest BCUT2D eigenvalue weighted by Gasteiger charge is -2.35. The summed E-state index contributed by atoms with van der Waals surface area (Å²) in [5.41, 5.74) is 4.95. The number of amidine groups is 1. The summed E-state index contributed by atoms with van der Waals surface area (Å²) in [4.78, 5) is 13.9. The molecule has 0 unspecified atom stereocenters. The lowest BCUT2D eigenvalue weighted by molar-refractivity contribution is 0.177. The van der Waals surface area contributed by atoms with Crippen LogP contribution in [0.5, 0.6) is 0 Å². The Bertz CT molecular complexity index is 280. The molecule has 0 radical (unpaired) electrons. The fourth-order valence-corrected chi connectivity index (χ4v) is 2.26. The van der Waals surface area contributed by atoms with Crippen LogP contribution in [-0.2, 0) is 0 Å². The summed E-state index contributed by atoms with van der Waals surface area (Å²) in [5.74, 6) is 0.0489. The molecule has 0 spiro atoms. The van der Waals surface area contributed by atoms with E-state index in [1.165, 1.54) is 6.42 Å². The Labute approximate surface area is 103 Å². The van der Waals surface area contributed by atoms with Gasteiger partial charge in [-0.3, -0.25) is 5.41 Å². The summed E-state index contributed by atoms with van der Waals surface area (Å²) in [7, 11) is 0. The minimum absolute atomic E-state index is 0.0489. The number of hydrogen-bond acceptors (Lipinski definition) is 2. The second-order valence-electron chi connectivity index (χ2n) is 4.68. The highest BCUT2D eigenvalue weighted by Gasteiger charge is 2.33. The molecule has 1 aliphatic heterocycles. The van der Waals surface area contributed by atoms with E-state index in [-0.39, 0.29) is 11.9 Å². The maximum absolute atomic E-state index is 12.1. The van der Waals surface area contributed by atoms with Crippen LogP contribution in [0.3, 0.4) is 0 Å². The number of nitrogens with two attached hydrogens (primary N) is 1. The van der Waals surface area contributed by atoms with Crippen molar-refractivity contribution in [2.45, 2.75) is 51.5 Å². The molecule has 1 saturated heterocycles. The minimum atomic E-state index is -0.672. The van der Waals surface area contributed by atoms with Gasteiger partial charge in [0.05, 0.1) is 5.54 Å². The average molecular weight is 240 g/mol. The van der Waals surface area contributed by atoms with E-state index in [1.54, 1.807) is 0 Å². The van der Waals surface area contributed by atoms with Crippen LogP contribution in [0.15, 0.2) is 0 Å². The maximum Gasteiger partial charge on any atom is 0.318 e. The molecule has 4 N–H and O–H groups in total. The van der Waals surface area contributed by atoms with Gasteiger partial charge in [0.1, 0.15) is 5.84 Å². The molecule has 0 atom stereocenters. The van der Waals surface area contributed by atoms with Crippen molar-refractivity contribution < 1.29 is 4.79 Å². The number of nitrogens with one attached hydrogen (secondary N) is 2. The predicted octanol–water partition coefficient (Wildman–Crippen LogP) is 1.68. The van der Waals surface area contributed by atoms with Crippen molar-refractivity contribution in [2.24, 2.45) is 5.73 Å². The maximum atomic E-state index is 12.1. The Morgan fingerprint density at radius 1 is 1.29 bits per heavy atom. The van der Waals surface area contributed by atoms with Gasteiger partial charge < -0.3 is 16.0 Å². The molecule has 0 aromatic heterocycles. The number of carbonyl (C=O) groups is 1. The molecule has 0 saturated carbocycles. The Kier molecular flexibility index (Phi) is 4.78. The third-order valence-electron chi connectivity index (χ3n) is 3.71. The fourth-order valence-electron chi connectivity index (χ4n) is 2.26. The van der Waals surface area contributed by atoms with Crippen LogP contribution in [-0.4, -0.2) is 35.4 Å². The van der Waals surface area contributed by atoms with Gasteiger partial charge in [0.2, 0.25) is 0 Å². The van der Waals surface area contributed by atoms with Crippen LogP contribution in [0.2, 0.25) is 0 Å². The van der Waals surface area contributed by atoms with Crippen LogP contribution in [0.1, 0.15) is 46.0 Å². The first kappa shape index (κ1) is 13.8. The summed E-state index contributed by atoms with van der Waals surface area (Å²) in [6.45, 7) is 5.52. The smallest absolute Gasteiger partial charge is 0.318 e. The molecule has 0 aromatic rings. The highest BCUT2D eigenvalue weighted by Crippen LogP contribution is 2.16. The van der Waals surface area contributed by atoms with Crippen molar-refractivity contribution in [2.75, 3.05) is 13.1 Å². The third kappa shape index (κ3) is 3.11. The molecular formula is C12H24N4O. The van der Waals surface area contributed by atoms with Gasteiger partial charge in [0.25, 0.3) is 0 Å². The standard InChI is InChI=1S/C12H24N4O/c1-3-12(4-2,10(13)14)15-11(17)16-8-6-5-7-9-16/h3-9H2,1-2H3,(H3,13,14)(H,15,17). The lowest BCUT2D eigenvalue weighted by Crippen LogP contribution is -2.59. The lowest BCUT2D eigenvalue weighted by atomic mass is 9.91. The summed E-state index contributed by atoms with van der Waals surface area (Å²) in [6.07, 6.45) is 4.64. The first-order valence-electron chi connectivity index (χ1n) is 6.47. The van der Waals surface area contributed by atoms with E-state index < -0.39 is 5.54 Å². The molecular weight excluding hydrogens is 216 g/mol. The summed E-state index contributed by atoms with van der Waals surface area (Å²) < 4.78 is 0. The van der Waals surface area contributed by atoms with Gasteiger partial charge in [-0.05, 0) is 32.1 Å². The van der Waals surface area contributed by atoms with Gasteiger partial charge in [-0.15, -0.1) is 0 Å². The fraction of sp³-hybridized carbons (Fsp3) is 0.833. The molecule has 1 aliphatic rings. The number of nitrogens with zero attached hydrogens (tertiary/aromatic N) is 1. The molecule has 1 fully saturated rings. The largest absolute Gasteiger partial charge is 0.386 e. The zero-order valence-electron chi connectivity index (χ0n) is 10.9. The van der Waals surface area contributed by atoms with Crippen LogP contribution in [0.25, 0.3) is 0 Å². The normalized spacial score (nSPS) is 16.7. The van der Waals surface area contributed by atoms with Crippen molar-refractivity contribution in [3.05, 3.63) is 0 Å². The number of rotatable bonds is 4. The molecule has 0 aliphatic carbocycles. The van der Waals surface area contributed by atoms with Gasteiger partial charge in [0, 0.05) is 13.1 Å². The topological polar surface area (TPSA) is 82.2 Å². The van der Waals surface area contributed by atoms with E-state index >= 15 is 0 Å². The minimum Gasteiger partial charge on any atom is -0.386 e. The van der Waals surface area contributed by atoms with Crippen molar-refractivity contribution in [1.29, 1.82) is 5.41 Å². The molecule has 17 heavy (non-hydrogen) atoms. The Balaban J connectivity index is 2.66. The predicted molar refractivity (Wildman–Crippen MR) is 69.2 cm³/mol. The number of carbonyl (C=O) groups excluding carboxylic acids is 1. The van der Waals surface area contributed by atoms with Crippen LogP contribution >= 0.6 is 0 Å². The Morgan fingerprint density at radius 2 is 1.82 bits per heavy atom. The highest BCUT2D eigenvalue weighted by atomic mass is 16.2. The zero-order valence-corrected chi connectivity index (χ0v) is 10.9. The molecule has 1 heterocycles. The van der Waals surface area contributed by atoms with E-state index in [9.17, 15) is 4.79 Å². The quantitative estimate of drug-likeness (QED) is 0.516. The number of likely N-dealkylation sites (tertiary alicyclic amines) is 1. The first-order valence-corrected chi connectivity index (χ1v) is 6.47. The molecule has 1 rings (SSSR count). The van der Waals surface area contributed by atoms with Crippen LogP contribution in [0.4, 0.5) is 4.79 Å². The summed E-state index contributed by atoms with van der Waals surface area (Å²) in [5, 5.41) is 10.6. The molecule has 5 heteroatoms. The van der Waals surface area contributed by atoms with Gasteiger partial charge >= 0.3 is 6.03 Å². The zero-order chi connectivity index (χ0) is 12.9. The van der Waals surface area contributed by atoms with E-state index in [1.807, 2.05) is 18.7 Å². The number of urea groups is 1. The van der Waals surface area contributed by atoms with Gasteiger partial charge in [-0.25, -0.2) is 4.79 Å². The van der Waals surface area contributed by atoms with E-state index in [0.717, 1.165) is 25.9 Å². The van der Waals surface area contributed by atoms with Crippen molar-refractivity contribution >= 4 is 11.9 Å². The van der Waals surface area contributed by atoms with Crippen LogP contribution in [0, 0.1) is 5.41 Å². The van der Waals surface area contributed by atoms with Crippen LogP contribution < -0.4 is 11.1 Å².